The first kappa shape index (κ1) is 9.06. The summed E-state index contributed by atoms with van der Waals surface area (Å²) in [6.07, 6.45) is 0.625. The third-order valence-corrected chi connectivity index (χ3v) is 0.118. The summed E-state index contributed by atoms with van der Waals surface area (Å²) in [5.74, 6) is 0. The lowest BCUT2D eigenvalue weighted by atomic mass is 11.2. The molecule has 0 saturated heterocycles. The minimum absolute atomic E-state index is 0.625. The van der Waals surface area contributed by atoms with Gasteiger partial charge in [-0.25, -0.2) is 0 Å². The van der Waals surface area contributed by atoms with E-state index in [2.05, 4.69) is 5.32 Å². The van der Waals surface area contributed by atoms with E-state index in [1.807, 2.05) is 0 Å². The normalized spacial score (nSPS) is 4.50. The van der Waals surface area contributed by atoms with Crippen LogP contribution < -0.4 is 5.32 Å². The number of aliphatic hydroxyl groups is 1. The summed E-state index contributed by atoms with van der Waals surface area (Å²) in [4.78, 5) is 9.06. The molecule has 2 N–H and O–H groups in total. The van der Waals surface area contributed by atoms with Gasteiger partial charge in [-0.1, -0.05) is 0 Å². The highest BCUT2D eigenvalue weighted by molar-refractivity contribution is 5.44. The van der Waals surface area contributed by atoms with Gasteiger partial charge in [-0.3, -0.25) is 4.79 Å². The van der Waals surface area contributed by atoms with Crippen LogP contribution in [-0.2, 0) is 4.79 Å². The topological polar surface area (TPSA) is 49.3 Å². The molecule has 0 radical (unpaired) electrons. The van der Waals surface area contributed by atoms with Gasteiger partial charge in [-0.2, -0.15) is 0 Å². The molecule has 0 aromatic carbocycles. The van der Waals surface area contributed by atoms with Crippen LogP contribution in [0, 0.1) is 0 Å². The Morgan fingerprint density at radius 3 is 1.83 bits per heavy atom. The minimum atomic E-state index is 0.625. The summed E-state index contributed by atoms with van der Waals surface area (Å²) in [6, 6.07) is 0. The van der Waals surface area contributed by atoms with Gasteiger partial charge in [0.1, 0.15) is 0 Å². The van der Waals surface area contributed by atoms with Gasteiger partial charge in [0, 0.05) is 14.2 Å². The maximum absolute atomic E-state index is 9.06. The predicted molar refractivity (Wildman–Crippen MR) is 23.3 cm³/mol. The molecule has 0 rings (SSSR count). The van der Waals surface area contributed by atoms with Gasteiger partial charge < -0.3 is 10.4 Å². The Kier molecular flexibility index (Phi) is 38.5. The van der Waals surface area contributed by atoms with E-state index in [1.54, 1.807) is 7.05 Å². The van der Waals surface area contributed by atoms with Gasteiger partial charge in [0.05, 0.1) is 0 Å². The molecule has 0 aliphatic heterocycles. The van der Waals surface area contributed by atoms with Crippen molar-refractivity contribution in [1.29, 1.82) is 0 Å². The first-order chi connectivity index (χ1) is 2.91. The van der Waals surface area contributed by atoms with Gasteiger partial charge >= 0.3 is 0 Å². The van der Waals surface area contributed by atoms with Crippen molar-refractivity contribution < 1.29 is 9.90 Å². The summed E-state index contributed by atoms with van der Waals surface area (Å²) in [7, 11) is 2.56. The molecule has 0 saturated carbocycles. The number of nitrogens with one attached hydrogen (secondary N) is 1. The van der Waals surface area contributed by atoms with Crippen LogP contribution in [0.2, 0.25) is 0 Å². The average Bonchev–Trinajstić information content (AvgIpc) is 1.72. The number of carbonyl (C=O) groups is 1. The zero-order chi connectivity index (χ0) is 5.41. The Labute approximate surface area is 37.0 Å². The van der Waals surface area contributed by atoms with Gasteiger partial charge in [-0.15, -0.1) is 0 Å². The molecule has 1 amide bonds. The largest absolute Gasteiger partial charge is 0.400 e. The van der Waals surface area contributed by atoms with Crippen molar-refractivity contribution in [3.05, 3.63) is 0 Å². The van der Waals surface area contributed by atoms with E-state index in [9.17, 15) is 0 Å². The second kappa shape index (κ2) is 25.5. The van der Waals surface area contributed by atoms with Crippen LogP contribution in [0.15, 0.2) is 0 Å². The maximum Gasteiger partial charge on any atom is 0.206 e. The van der Waals surface area contributed by atoms with Crippen molar-refractivity contribution in [3.63, 3.8) is 0 Å². The molecule has 0 aromatic rings. The summed E-state index contributed by atoms with van der Waals surface area (Å²) >= 11 is 0. The Morgan fingerprint density at radius 1 is 1.67 bits per heavy atom. The van der Waals surface area contributed by atoms with Crippen LogP contribution in [0.4, 0.5) is 0 Å². The van der Waals surface area contributed by atoms with Crippen LogP contribution >= 0.6 is 0 Å². The smallest absolute Gasteiger partial charge is 0.206 e. The van der Waals surface area contributed by atoms with Gasteiger partial charge in [0.15, 0.2) is 0 Å². The Hall–Kier alpha value is -0.570. The van der Waals surface area contributed by atoms with Gasteiger partial charge in [-0.05, 0) is 0 Å². The average molecular weight is 91.1 g/mol. The highest BCUT2D eigenvalue weighted by Crippen LogP contribution is 1.09. The van der Waals surface area contributed by atoms with Crippen LogP contribution in [0.5, 0.6) is 0 Å². The summed E-state index contributed by atoms with van der Waals surface area (Å²) in [5, 5.41) is 9.25. The zero-order valence-electron chi connectivity index (χ0n) is 3.93. The zero-order valence-corrected chi connectivity index (χ0v) is 3.93. The minimum Gasteiger partial charge on any atom is -0.400 e. The fourth-order valence-electron chi connectivity index (χ4n) is 0. The van der Waals surface area contributed by atoms with E-state index in [0.717, 1.165) is 7.11 Å². The van der Waals surface area contributed by atoms with E-state index < -0.39 is 0 Å². The lowest BCUT2D eigenvalue weighted by Gasteiger charge is -1.64. The molecule has 0 heterocycles. The molecule has 0 unspecified atom stereocenters. The lowest BCUT2D eigenvalue weighted by molar-refractivity contribution is -0.109. The molecule has 0 aliphatic carbocycles. The third-order valence-electron chi connectivity index (χ3n) is 0.118. The second-order valence-electron chi connectivity index (χ2n) is 0.407. The molecular formula is C3H9NO2. The third kappa shape index (κ3) is 110. The van der Waals surface area contributed by atoms with E-state index >= 15 is 0 Å². The highest BCUT2D eigenvalue weighted by atomic mass is 16.2. The van der Waals surface area contributed by atoms with Crippen molar-refractivity contribution in [2.24, 2.45) is 0 Å². The van der Waals surface area contributed by atoms with Crippen molar-refractivity contribution in [2.45, 2.75) is 0 Å². The van der Waals surface area contributed by atoms with Crippen LogP contribution in [0.1, 0.15) is 0 Å². The molecule has 0 spiro atoms. The number of rotatable bonds is 1. The fourth-order valence-corrected chi connectivity index (χ4v) is 0. The number of hydrogen-bond donors (Lipinski definition) is 2. The highest BCUT2D eigenvalue weighted by Gasteiger charge is 1.43. The molecule has 3 heteroatoms. The van der Waals surface area contributed by atoms with E-state index in [1.165, 1.54) is 0 Å². The predicted octanol–water partition coefficient (Wildman–Crippen LogP) is -1.03. The molecule has 38 valence electrons. The molecule has 0 bridgehead atoms. The van der Waals surface area contributed by atoms with Crippen LogP contribution in [0.3, 0.4) is 0 Å². The maximum atomic E-state index is 9.06. The molecule has 0 atom stereocenters. The SMILES string of the molecule is CNC=O.CO. The first-order valence-corrected chi connectivity index (χ1v) is 1.47. The quantitative estimate of drug-likeness (QED) is 0.405. The molecule has 3 nitrogen and oxygen atoms in total. The number of hydrogen-bond acceptors (Lipinski definition) is 2. The summed E-state index contributed by atoms with van der Waals surface area (Å²) in [6.45, 7) is 0. The molecule has 0 aromatic heterocycles. The van der Waals surface area contributed by atoms with Crippen molar-refractivity contribution >= 4 is 6.41 Å². The van der Waals surface area contributed by atoms with E-state index in [-0.39, 0.29) is 0 Å². The first-order valence-electron chi connectivity index (χ1n) is 1.47. The Morgan fingerprint density at radius 2 is 1.83 bits per heavy atom. The van der Waals surface area contributed by atoms with Gasteiger partial charge in [0.2, 0.25) is 6.41 Å². The monoisotopic (exact) mass is 91.1 g/mol. The summed E-state index contributed by atoms with van der Waals surface area (Å²) < 4.78 is 0. The van der Waals surface area contributed by atoms with Crippen molar-refractivity contribution in [3.8, 4) is 0 Å². The lowest BCUT2D eigenvalue weighted by Crippen LogP contribution is -1.98. The molecule has 0 fully saturated rings. The van der Waals surface area contributed by atoms with E-state index in [4.69, 9.17) is 9.90 Å². The standard InChI is InChI=1S/C2H5NO.CH4O/c1-3-2-4;1-2/h2H,1H3,(H,3,4);2H,1H3. The molecular weight excluding hydrogens is 82.0 g/mol. The number of aliphatic hydroxyl groups excluding tert-OH is 1. The van der Waals surface area contributed by atoms with Crippen molar-refractivity contribution in [1.82, 2.24) is 5.32 Å². The van der Waals surface area contributed by atoms with Crippen molar-refractivity contribution in [2.75, 3.05) is 14.2 Å². The van der Waals surface area contributed by atoms with Crippen LogP contribution in [-0.4, -0.2) is 25.7 Å². The molecule has 0 aliphatic rings. The van der Waals surface area contributed by atoms with E-state index in [0.29, 0.717) is 6.41 Å². The van der Waals surface area contributed by atoms with Crippen LogP contribution in [0.25, 0.3) is 0 Å². The Bertz CT molecular complexity index is 22.8. The fraction of sp³-hybridized carbons (Fsp3) is 0.667. The molecule has 6 heavy (non-hydrogen) atoms. The Balaban J connectivity index is 0. The second-order valence-corrected chi connectivity index (χ2v) is 0.407. The number of carbonyl (C=O) groups excluding carboxylic acids is 1. The number of amides is 1. The van der Waals surface area contributed by atoms with Gasteiger partial charge in [0.25, 0.3) is 0 Å². The summed E-state index contributed by atoms with van der Waals surface area (Å²) in [5.41, 5.74) is 0.